The van der Waals surface area contributed by atoms with Crippen LogP contribution in [-0.2, 0) is 11.2 Å². The number of carbonyl (C=O) groups excluding carboxylic acids is 1. The van der Waals surface area contributed by atoms with Crippen molar-refractivity contribution in [3.05, 3.63) is 30.0 Å². The van der Waals surface area contributed by atoms with Crippen LogP contribution in [0.15, 0.2) is 24.4 Å². The molecule has 1 heterocycles. The number of Topliss-reactive ketones (excluding diaryl/α,β-unsaturated/α-hetero) is 1. The van der Waals surface area contributed by atoms with Crippen LogP contribution in [0.4, 0.5) is 0 Å². The maximum atomic E-state index is 11.0. The molecule has 3 heteroatoms. The first kappa shape index (κ1) is 8.81. The molecule has 0 aliphatic carbocycles. The van der Waals surface area contributed by atoms with Gasteiger partial charge in [0.05, 0.1) is 0 Å². The molecule has 1 aromatic heterocycles. The number of hydrogen-bond acceptors (Lipinski definition) is 2. The van der Waals surface area contributed by atoms with Crippen molar-refractivity contribution in [3.8, 4) is 5.75 Å². The molecule has 0 fully saturated rings. The van der Waals surface area contributed by atoms with Gasteiger partial charge in [-0.15, -0.1) is 0 Å². The Hall–Kier alpha value is -1.77. The first-order chi connectivity index (χ1) is 6.66. The minimum Gasteiger partial charge on any atom is -0.508 e. The van der Waals surface area contributed by atoms with Crippen molar-refractivity contribution in [1.82, 2.24) is 4.98 Å². The number of carbonyl (C=O) groups is 1. The Kier molecular flexibility index (Phi) is 2.00. The Bertz CT molecular complexity index is 485. The Labute approximate surface area is 81.4 Å². The fourth-order valence-corrected chi connectivity index (χ4v) is 1.59. The summed E-state index contributed by atoms with van der Waals surface area (Å²) in [5, 5.41) is 10.2. The number of aromatic hydroxyl groups is 1. The number of phenolic OH excluding ortho intramolecular Hbond substituents is 1. The van der Waals surface area contributed by atoms with Crippen LogP contribution in [-0.4, -0.2) is 15.9 Å². The summed E-state index contributed by atoms with van der Waals surface area (Å²) in [5.74, 6) is 0.368. The zero-order valence-corrected chi connectivity index (χ0v) is 7.87. The van der Waals surface area contributed by atoms with Crippen molar-refractivity contribution < 1.29 is 9.90 Å². The molecule has 3 nitrogen and oxygen atoms in total. The van der Waals surface area contributed by atoms with Gasteiger partial charge >= 0.3 is 0 Å². The minimum atomic E-state index is 0.138. The number of fused-ring (bicyclic) bond motifs is 1. The van der Waals surface area contributed by atoms with E-state index in [2.05, 4.69) is 4.98 Å². The zero-order valence-electron chi connectivity index (χ0n) is 7.87. The quantitative estimate of drug-likeness (QED) is 0.759. The maximum absolute atomic E-state index is 11.0. The van der Waals surface area contributed by atoms with Gasteiger partial charge in [0.2, 0.25) is 0 Å². The average Bonchev–Trinajstić information content (AvgIpc) is 2.47. The second kappa shape index (κ2) is 3.18. The second-order valence-corrected chi connectivity index (χ2v) is 3.42. The van der Waals surface area contributed by atoms with Gasteiger partial charge in [0.25, 0.3) is 0 Å². The molecule has 2 N–H and O–H groups in total. The summed E-state index contributed by atoms with van der Waals surface area (Å²) in [6.07, 6.45) is 2.25. The van der Waals surface area contributed by atoms with Crippen molar-refractivity contribution >= 4 is 16.7 Å². The van der Waals surface area contributed by atoms with Crippen LogP contribution in [0, 0.1) is 0 Å². The van der Waals surface area contributed by atoms with Crippen LogP contribution in [0.3, 0.4) is 0 Å². The lowest BCUT2D eigenvalue weighted by atomic mass is 10.1. The lowest BCUT2D eigenvalue weighted by Crippen LogP contribution is -1.94. The van der Waals surface area contributed by atoms with Gasteiger partial charge in [-0.05, 0) is 24.6 Å². The highest BCUT2D eigenvalue weighted by molar-refractivity contribution is 5.89. The summed E-state index contributed by atoms with van der Waals surface area (Å²) >= 11 is 0. The third-order valence-electron chi connectivity index (χ3n) is 2.19. The molecule has 0 bridgehead atoms. The van der Waals surface area contributed by atoms with Gasteiger partial charge in [-0.2, -0.15) is 0 Å². The SMILES string of the molecule is CC(=O)Cc1c[nH]c2cc(O)ccc12. The van der Waals surface area contributed by atoms with Crippen LogP contribution in [0.2, 0.25) is 0 Å². The zero-order chi connectivity index (χ0) is 10.1. The van der Waals surface area contributed by atoms with E-state index >= 15 is 0 Å². The maximum Gasteiger partial charge on any atom is 0.134 e. The van der Waals surface area contributed by atoms with E-state index in [1.165, 1.54) is 0 Å². The number of H-pyrrole nitrogens is 1. The summed E-state index contributed by atoms with van der Waals surface area (Å²) in [5.41, 5.74) is 1.84. The highest BCUT2D eigenvalue weighted by atomic mass is 16.3. The molecule has 0 spiro atoms. The Balaban J connectivity index is 2.52. The molecule has 2 aromatic rings. The summed E-state index contributed by atoms with van der Waals surface area (Å²) in [6, 6.07) is 5.10. The molecule has 0 unspecified atom stereocenters. The monoisotopic (exact) mass is 189 g/mol. The van der Waals surface area contributed by atoms with Gasteiger partial charge < -0.3 is 10.1 Å². The lowest BCUT2D eigenvalue weighted by Gasteiger charge is -1.95. The normalized spacial score (nSPS) is 10.6. The number of nitrogens with one attached hydrogen (secondary N) is 1. The van der Waals surface area contributed by atoms with E-state index in [9.17, 15) is 9.90 Å². The van der Waals surface area contributed by atoms with Crippen LogP contribution in [0.1, 0.15) is 12.5 Å². The number of rotatable bonds is 2. The molecule has 0 amide bonds. The molecule has 0 aliphatic heterocycles. The van der Waals surface area contributed by atoms with Crippen LogP contribution >= 0.6 is 0 Å². The van der Waals surface area contributed by atoms with Crippen molar-refractivity contribution in [2.45, 2.75) is 13.3 Å². The van der Waals surface area contributed by atoms with Crippen LogP contribution in [0.5, 0.6) is 5.75 Å². The van der Waals surface area contributed by atoms with E-state index in [1.807, 2.05) is 12.3 Å². The van der Waals surface area contributed by atoms with Crippen LogP contribution in [0.25, 0.3) is 10.9 Å². The third-order valence-corrected chi connectivity index (χ3v) is 2.19. The number of benzene rings is 1. The minimum absolute atomic E-state index is 0.138. The highest BCUT2D eigenvalue weighted by Crippen LogP contribution is 2.22. The van der Waals surface area contributed by atoms with E-state index in [0.717, 1.165) is 16.5 Å². The van der Waals surface area contributed by atoms with Gasteiger partial charge in [0.1, 0.15) is 11.5 Å². The molecular formula is C11H11NO2. The van der Waals surface area contributed by atoms with Crippen molar-refractivity contribution in [2.24, 2.45) is 0 Å². The number of phenols is 1. The molecular weight excluding hydrogens is 178 g/mol. The molecule has 0 radical (unpaired) electrons. The fraction of sp³-hybridized carbons (Fsp3) is 0.182. The largest absolute Gasteiger partial charge is 0.508 e. The Morgan fingerprint density at radius 1 is 1.50 bits per heavy atom. The van der Waals surface area contributed by atoms with Crippen molar-refractivity contribution in [2.75, 3.05) is 0 Å². The first-order valence-electron chi connectivity index (χ1n) is 4.45. The number of ketones is 1. The molecule has 14 heavy (non-hydrogen) atoms. The van der Waals surface area contributed by atoms with E-state index < -0.39 is 0 Å². The van der Waals surface area contributed by atoms with Gasteiger partial charge in [-0.25, -0.2) is 0 Å². The summed E-state index contributed by atoms with van der Waals surface area (Å²) < 4.78 is 0. The smallest absolute Gasteiger partial charge is 0.134 e. The lowest BCUT2D eigenvalue weighted by molar-refractivity contribution is -0.116. The van der Waals surface area contributed by atoms with E-state index in [4.69, 9.17) is 0 Å². The molecule has 0 saturated carbocycles. The van der Waals surface area contributed by atoms with Gasteiger partial charge in [0, 0.05) is 29.6 Å². The third kappa shape index (κ3) is 1.48. The van der Waals surface area contributed by atoms with Gasteiger partial charge in [-0.1, -0.05) is 0 Å². The van der Waals surface area contributed by atoms with Gasteiger partial charge in [-0.3, -0.25) is 4.79 Å². The number of hydrogen-bond donors (Lipinski definition) is 2. The average molecular weight is 189 g/mol. The number of aromatic amines is 1. The van der Waals surface area contributed by atoms with Crippen LogP contribution < -0.4 is 0 Å². The van der Waals surface area contributed by atoms with Crippen molar-refractivity contribution in [1.29, 1.82) is 0 Å². The molecule has 0 aliphatic rings. The standard InChI is InChI=1S/C11H11NO2/c1-7(13)4-8-6-12-11-5-9(14)2-3-10(8)11/h2-3,5-6,12,14H,4H2,1H3. The second-order valence-electron chi connectivity index (χ2n) is 3.42. The molecule has 2 rings (SSSR count). The van der Waals surface area contributed by atoms with Gasteiger partial charge in [0.15, 0.2) is 0 Å². The molecule has 0 saturated heterocycles. The predicted octanol–water partition coefficient (Wildman–Crippen LogP) is 2.00. The van der Waals surface area contributed by atoms with E-state index in [0.29, 0.717) is 6.42 Å². The first-order valence-corrected chi connectivity index (χ1v) is 4.45. The summed E-state index contributed by atoms with van der Waals surface area (Å²) in [7, 11) is 0. The number of aromatic nitrogens is 1. The topological polar surface area (TPSA) is 53.1 Å². The predicted molar refractivity (Wildman–Crippen MR) is 54.3 cm³/mol. The summed E-state index contributed by atoms with van der Waals surface area (Å²) in [4.78, 5) is 14.0. The highest BCUT2D eigenvalue weighted by Gasteiger charge is 2.05. The fourth-order valence-electron chi connectivity index (χ4n) is 1.59. The molecule has 0 atom stereocenters. The Morgan fingerprint density at radius 2 is 2.29 bits per heavy atom. The summed E-state index contributed by atoms with van der Waals surface area (Å²) in [6.45, 7) is 1.57. The Morgan fingerprint density at radius 3 is 3.00 bits per heavy atom. The molecule has 72 valence electrons. The van der Waals surface area contributed by atoms with E-state index in [1.54, 1.807) is 19.1 Å². The van der Waals surface area contributed by atoms with Crippen molar-refractivity contribution in [3.63, 3.8) is 0 Å². The molecule has 1 aromatic carbocycles. The van der Waals surface area contributed by atoms with E-state index in [-0.39, 0.29) is 11.5 Å².